The molecule has 2 N–H and O–H groups in total. The number of aliphatic carboxylic acids is 1. The van der Waals surface area contributed by atoms with E-state index >= 15 is 0 Å². The quantitative estimate of drug-likeness (QED) is 0.875. The lowest BCUT2D eigenvalue weighted by Crippen LogP contribution is -2.09. The highest BCUT2D eigenvalue weighted by Crippen LogP contribution is 2.28. The Morgan fingerprint density at radius 1 is 1.32 bits per heavy atom. The zero-order valence-corrected chi connectivity index (χ0v) is 10.5. The summed E-state index contributed by atoms with van der Waals surface area (Å²) in [5.74, 6) is -1.76. The molecule has 19 heavy (non-hydrogen) atoms. The van der Waals surface area contributed by atoms with Crippen LogP contribution in [0.1, 0.15) is 16.1 Å². The molecule has 0 spiro atoms. The third-order valence-electron chi connectivity index (χ3n) is 3.04. The molecule has 6 nitrogen and oxygen atoms in total. The zero-order chi connectivity index (χ0) is 14.2. The van der Waals surface area contributed by atoms with Crippen LogP contribution in [0.4, 0.5) is 0 Å². The first-order chi connectivity index (χ1) is 8.91. The van der Waals surface area contributed by atoms with Gasteiger partial charge in [-0.2, -0.15) is 0 Å². The number of fused-ring (bicyclic) bond motifs is 1. The highest BCUT2D eigenvalue weighted by atomic mass is 16.5. The summed E-state index contributed by atoms with van der Waals surface area (Å²) in [6.45, 7) is 1.26. The van der Waals surface area contributed by atoms with Crippen molar-refractivity contribution in [1.29, 1.82) is 0 Å². The van der Waals surface area contributed by atoms with Crippen molar-refractivity contribution in [3.05, 3.63) is 29.5 Å². The number of rotatable bonds is 4. The van der Waals surface area contributed by atoms with Gasteiger partial charge in [0, 0.05) is 23.6 Å². The van der Waals surface area contributed by atoms with Crippen LogP contribution < -0.4 is 4.74 Å². The van der Waals surface area contributed by atoms with Gasteiger partial charge in [0.1, 0.15) is 5.75 Å². The van der Waals surface area contributed by atoms with Crippen molar-refractivity contribution in [2.75, 3.05) is 6.61 Å². The molecule has 1 aromatic heterocycles. The maximum Gasteiger partial charge on any atom is 0.341 e. The number of carboxylic acids is 2. The number of carbonyl (C=O) groups is 2. The molecule has 0 amide bonds. The standard InChI is InChI=1S/C13H13NO5/c1-7-12(13(17)18)9-5-8(19-6-11(15)16)3-4-10(9)14(7)2/h3-5H,6H2,1-2H3,(H,15,16)(H,17,18). The Bertz CT molecular complexity index is 671. The molecule has 0 fully saturated rings. The second-order valence-corrected chi connectivity index (χ2v) is 4.19. The van der Waals surface area contributed by atoms with Gasteiger partial charge >= 0.3 is 11.9 Å². The van der Waals surface area contributed by atoms with E-state index in [4.69, 9.17) is 9.84 Å². The van der Waals surface area contributed by atoms with E-state index in [2.05, 4.69) is 0 Å². The van der Waals surface area contributed by atoms with Gasteiger partial charge < -0.3 is 19.5 Å². The van der Waals surface area contributed by atoms with Gasteiger partial charge in [-0.3, -0.25) is 0 Å². The van der Waals surface area contributed by atoms with Crippen LogP contribution in [-0.2, 0) is 11.8 Å². The topological polar surface area (TPSA) is 88.8 Å². The average Bonchev–Trinajstić information content (AvgIpc) is 2.59. The minimum absolute atomic E-state index is 0.207. The third-order valence-corrected chi connectivity index (χ3v) is 3.04. The highest BCUT2D eigenvalue weighted by molar-refractivity contribution is 6.05. The summed E-state index contributed by atoms with van der Waals surface area (Å²) >= 11 is 0. The molecule has 100 valence electrons. The van der Waals surface area contributed by atoms with Crippen molar-refractivity contribution in [2.24, 2.45) is 7.05 Å². The Morgan fingerprint density at radius 3 is 2.58 bits per heavy atom. The van der Waals surface area contributed by atoms with Gasteiger partial charge in [-0.25, -0.2) is 9.59 Å². The second kappa shape index (κ2) is 4.64. The number of aryl methyl sites for hydroxylation is 1. The predicted octanol–water partition coefficient (Wildman–Crippen LogP) is 1.65. The Balaban J connectivity index is 2.55. The SMILES string of the molecule is Cc1c(C(=O)O)c2cc(OCC(=O)O)ccc2n1C. The van der Waals surface area contributed by atoms with Crippen LogP contribution in [0, 0.1) is 6.92 Å². The first kappa shape index (κ1) is 12.9. The monoisotopic (exact) mass is 263 g/mol. The molecule has 0 aliphatic heterocycles. The molecule has 0 saturated carbocycles. The number of aromatic carboxylic acids is 1. The summed E-state index contributed by atoms with van der Waals surface area (Å²) in [6, 6.07) is 4.89. The van der Waals surface area contributed by atoms with Gasteiger partial charge in [0.2, 0.25) is 0 Å². The predicted molar refractivity (Wildman–Crippen MR) is 67.7 cm³/mol. The van der Waals surface area contributed by atoms with Gasteiger partial charge in [-0.15, -0.1) is 0 Å². The van der Waals surface area contributed by atoms with Gasteiger partial charge in [-0.05, 0) is 25.1 Å². The zero-order valence-electron chi connectivity index (χ0n) is 10.5. The number of hydrogen-bond acceptors (Lipinski definition) is 3. The molecule has 0 saturated heterocycles. The average molecular weight is 263 g/mol. The van der Waals surface area contributed by atoms with Crippen LogP contribution >= 0.6 is 0 Å². The van der Waals surface area contributed by atoms with E-state index < -0.39 is 18.5 Å². The molecule has 0 radical (unpaired) electrons. The van der Waals surface area contributed by atoms with Crippen molar-refractivity contribution < 1.29 is 24.5 Å². The Kier molecular flexibility index (Phi) is 3.16. The maximum absolute atomic E-state index is 11.3. The lowest BCUT2D eigenvalue weighted by atomic mass is 10.1. The molecule has 0 aliphatic rings. The van der Waals surface area contributed by atoms with Crippen molar-refractivity contribution in [3.8, 4) is 5.75 Å². The van der Waals surface area contributed by atoms with Crippen LogP contribution in [0.15, 0.2) is 18.2 Å². The number of ether oxygens (including phenoxy) is 1. The van der Waals surface area contributed by atoms with Crippen LogP contribution in [0.2, 0.25) is 0 Å². The van der Waals surface area contributed by atoms with E-state index in [0.717, 1.165) is 5.52 Å². The molecule has 2 rings (SSSR count). The van der Waals surface area contributed by atoms with Crippen LogP contribution in [0.3, 0.4) is 0 Å². The summed E-state index contributed by atoms with van der Waals surface area (Å²) in [7, 11) is 1.78. The number of hydrogen-bond donors (Lipinski definition) is 2. The molecule has 1 aromatic carbocycles. The van der Waals surface area contributed by atoms with Gasteiger partial charge in [0.15, 0.2) is 6.61 Å². The maximum atomic E-state index is 11.3. The van der Waals surface area contributed by atoms with Gasteiger partial charge in [-0.1, -0.05) is 0 Å². The van der Waals surface area contributed by atoms with Crippen LogP contribution in [0.25, 0.3) is 10.9 Å². The summed E-state index contributed by atoms with van der Waals surface area (Å²) in [5.41, 5.74) is 1.61. The Morgan fingerprint density at radius 2 is 2.00 bits per heavy atom. The molecule has 0 atom stereocenters. The number of benzene rings is 1. The van der Waals surface area contributed by atoms with E-state index in [1.807, 2.05) is 0 Å². The minimum atomic E-state index is -1.08. The fourth-order valence-electron chi connectivity index (χ4n) is 2.06. The van der Waals surface area contributed by atoms with E-state index in [-0.39, 0.29) is 5.56 Å². The molecule has 1 heterocycles. The Hall–Kier alpha value is -2.50. The molecule has 0 aliphatic carbocycles. The lowest BCUT2D eigenvalue weighted by Gasteiger charge is -2.03. The number of nitrogens with zero attached hydrogens (tertiary/aromatic N) is 1. The van der Waals surface area contributed by atoms with Crippen molar-refractivity contribution in [2.45, 2.75) is 6.92 Å². The minimum Gasteiger partial charge on any atom is -0.482 e. The first-order valence-corrected chi connectivity index (χ1v) is 5.58. The second-order valence-electron chi connectivity index (χ2n) is 4.19. The summed E-state index contributed by atoms with van der Waals surface area (Å²) in [6.07, 6.45) is 0. The van der Waals surface area contributed by atoms with Gasteiger partial charge in [0.25, 0.3) is 0 Å². The largest absolute Gasteiger partial charge is 0.482 e. The normalized spacial score (nSPS) is 10.6. The summed E-state index contributed by atoms with van der Waals surface area (Å²) in [5, 5.41) is 18.3. The van der Waals surface area contributed by atoms with Crippen LogP contribution in [-0.4, -0.2) is 33.3 Å². The fraction of sp³-hybridized carbons (Fsp3) is 0.231. The van der Waals surface area contributed by atoms with Crippen molar-refractivity contribution >= 4 is 22.8 Å². The fourth-order valence-corrected chi connectivity index (χ4v) is 2.06. The van der Waals surface area contributed by atoms with Crippen LogP contribution in [0.5, 0.6) is 5.75 Å². The van der Waals surface area contributed by atoms with E-state index in [1.54, 1.807) is 36.7 Å². The highest BCUT2D eigenvalue weighted by Gasteiger charge is 2.18. The van der Waals surface area contributed by atoms with E-state index in [9.17, 15) is 14.7 Å². The lowest BCUT2D eigenvalue weighted by molar-refractivity contribution is -0.139. The molecule has 0 unspecified atom stereocenters. The van der Waals surface area contributed by atoms with Crippen molar-refractivity contribution in [3.63, 3.8) is 0 Å². The summed E-state index contributed by atoms with van der Waals surface area (Å²) < 4.78 is 6.84. The van der Waals surface area contributed by atoms with Crippen molar-refractivity contribution in [1.82, 2.24) is 4.57 Å². The molecule has 6 heteroatoms. The third kappa shape index (κ3) is 2.24. The smallest absolute Gasteiger partial charge is 0.341 e. The van der Waals surface area contributed by atoms with E-state index in [0.29, 0.717) is 16.8 Å². The summed E-state index contributed by atoms with van der Waals surface area (Å²) in [4.78, 5) is 21.7. The Labute approximate surface area is 108 Å². The van der Waals surface area contributed by atoms with E-state index in [1.165, 1.54) is 0 Å². The number of aromatic nitrogens is 1. The molecule has 2 aromatic rings. The molecular weight excluding hydrogens is 250 g/mol. The van der Waals surface area contributed by atoms with Gasteiger partial charge in [0.05, 0.1) is 5.56 Å². The number of carboxylic acid groups (broad SMARTS) is 2. The molecule has 0 bridgehead atoms. The molecular formula is C13H13NO5. The first-order valence-electron chi connectivity index (χ1n) is 5.58.